The Bertz CT molecular complexity index is 877. The molecule has 0 saturated heterocycles. The number of thioether (sulfide) groups is 1. The van der Waals surface area contributed by atoms with Gasteiger partial charge in [0.25, 0.3) is 0 Å². The molecule has 9 heteroatoms. The third-order valence-electron chi connectivity index (χ3n) is 3.65. The zero-order valence-electron chi connectivity index (χ0n) is 15.1. The van der Waals surface area contributed by atoms with E-state index in [-0.39, 0.29) is 17.1 Å². The van der Waals surface area contributed by atoms with Crippen LogP contribution < -0.4 is 5.32 Å². The molecule has 0 saturated carbocycles. The predicted molar refractivity (Wildman–Crippen MR) is 104 cm³/mol. The van der Waals surface area contributed by atoms with Gasteiger partial charge in [-0.15, -0.1) is 21.5 Å². The van der Waals surface area contributed by atoms with E-state index in [9.17, 15) is 4.79 Å². The van der Waals surface area contributed by atoms with E-state index in [0.29, 0.717) is 5.88 Å². The standard InChI is InChI=1S/C17H21N5O2S2/c1-5-22-15(11-7-6-8-25-11)19-20-16(22)26-10-13(23)18-14-9-12(21-24-14)17(2,3)4/h6-9H,5,10H2,1-4H3,(H,18,23). The number of anilines is 1. The van der Waals surface area contributed by atoms with Crippen LogP contribution in [0.5, 0.6) is 0 Å². The number of nitrogens with zero attached hydrogens (tertiary/aromatic N) is 4. The Morgan fingerprint density at radius 2 is 2.19 bits per heavy atom. The van der Waals surface area contributed by atoms with Crippen LogP contribution in [0.25, 0.3) is 10.7 Å². The molecule has 0 unspecified atom stereocenters. The molecule has 1 N–H and O–H groups in total. The first-order chi connectivity index (χ1) is 12.4. The van der Waals surface area contributed by atoms with Gasteiger partial charge in [0.05, 0.1) is 16.3 Å². The first kappa shape index (κ1) is 18.7. The van der Waals surface area contributed by atoms with Gasteiger partial charge < -0.3 is 9.09 Å². The van der Waals surface area contributed by atoms with Crippen molar-refractivity contribution < 1.29 is 9.32 Å². The Morgan fingerprint density at radius 1 is 1.38 bits per heavy atom. The quantitative estimate of drug-likeness (QED) is 0.638. The molecule has 0 bridgehead atoms. The maximum absolute atomic E-state index is 12.2. The number of amides is 1. The van der Waals surface area contributed by atoms with Crippen molar-refractivity contribution in [3.8, 4) is 10.7 Å². The van der Waals surface area contributed by atoms with Crippen molar-refractivity contribution in [2.75, 3.05) is 11.1 Å². The van der Waals surface area contributed by atoms with E-state index >= 15 is 0 Å². The highest BCUT2D eigenvalue weighted by Gasteiger charge is 2.20. The average Bonchev–Trinajstić information content (AvgIpc) is 3.31. The molecule has 0 aromatic carbocycles. The summed E-state index contributed by atoms with van der Waals surface area (Å²) in [5.74, 6) is 1.23. The fraction of sp³-hybridized carbons (Fsp3) is 0.412. The van der Waals surface area contributed by atoms with Crippen LogP contribution in [-0.4, -0.2) is 31.6 Å². The molecule has 0 atom stereocenters. The summed E-state index contributed by atoms with van der Waals surface area (Å²) in [6, 6.07) is 5.75. The van der Waals surface area contributed by atoms with Gasteiger partial charge in [-0.25, -0.2) is 0 Å². The molecular weight excluding hydrogens is 370 g/mol. The number of carbonyl (C=O) groups excluding carboxylic acids is 1. The fourth-order valence-electron chi connectivity index (χ4n) is 2.26. The van der Waals surface area contributed by atoms with Gasteiger partial charge >= 0.3 is 0 Å². The molecule has 0 spiro atoms. The predicted octanol–water partition coefficient (Wildman–Crippen LogP) is 4.04. The van der Waals surface area contributed by atoms with E-state index in [1.165, 1.54) is 11.8 Å². The van der Waals surface area contributed by atoms with Crippen LogP contribution in [-0.2, 0) is 16.8 Å². The summed E-state index contributed by atoms with van der Waals surface area (Å²) >= 11 is 2.97. The second-order valence-electron chi connectivity index (χ2n) is 6.69. The maximum Gasteiger partial charge on any atom is 0.237 e. The van der Waals surface area contributed by atoms with Gasteiger partial charge in [-0.2, -0.15) is 0 Å². The largest absolute Gasteiger partial charge is 0.338 e. The number of carbonyl (C=O) groups is 1. The van der Waals surface area contributed by atoms with Gasteiger partial charge in [-0.05, 0) is 18.4 Å². The molecule has 3 aromatic heterocycles. The highest BCUT2D eigenvalue weighted by atomic mass is 32.2. The lowest BCUT2D eigenvalue weighted by Gasteiger charge is -2.12. The highest BCUT2D eigenvalue weighted by molar-refractivity contribution is 7.99. The molecular formula is C17H21N5O2S2. The Balaban J connectivity index is 1.62. The minimum Gasteiger partial charge on any atom is -0.338 e. The van der Waals surface area contributed by atoms with Crippen LogP contribution in [0.2, 0.25) is 0 Å². The summed E-state index contributed by atoms with van der Waals surface area (Å²) < 4.78 is 7.20. The van der Waals surface area contributed by atoms with Gasteiger partial charge in [-0.3, -0.25) is 10.1 Å². The van der Waals surface area contributed by atoms with E-state index in [2.05, 4.69) is 20.7 Å². The van der Waals surface area contributed by atoms with Crippen LogP contribution in [0.15, 0.2) is 33.3 Å². The number of nitrogens with one attached hydrogen (secondary N) is 1. The molecule has 0 aliphatic heterocycles. The van der Waals surface area contributed by atoms with Crippen LogP contribution in [0, 0.1) is 0 Å². The zero-order chi connectivity index (χ0) is 18.7. The Labute approximate surface area is 160 Å². The number of aromatic nitrogens is 4. The normalized spacial score (nSPS) is 11.7. The Kier molecular flexibility index (Phi) is 5.47. The maximum atomic E-state index is 12.2. The van der Waals surface area contributed by atoms with Crippen molar-refractivity contribution in [3.05, 3.63) is 29.3 Å². The molecule has 0 fully saturated rings. The zero-order valence-corrected chi connectivity index (χ0v) is 16.8. The third-order valence-corrected chi connectivity index (χ3v) is 5.48. The van der Waals surface area contributed by atoms with Crippen molar-refractivity contribution in [1.82, 2.24) is 19.9 Å². The van der Waals surface area contributed by atoms with Gasteiger partial charge in [-0.1, -0.05) is 43.8 Å². The third kappa shape index (κ3) is 4.16. The topological polar surface area (TPSA) is 85.8 Å². The average molecular weight is 392 g/mol. The first-order valence-electron chi connectivity index (χ1n) is 8.25. The summed E-state index contributed by atoms with van der Waals surface area (Å²) in [6.45, 7) is 8.88. The number of hydrogen-bond acceptors (Lipinski definition) is 7. The van der Waals surface area contributed by atoms with E-state index in [1.807, 2.05) is 49.8 Å². The molecule has 7 nitrogen and oxygen atoms in total. The lowest BCUT2D eigenvalue weighted by molar-refractivity contribution is -0.113. The van der Waals surface area contributed by atoms with Crippen molar-refractivity contribution >= 4 is 34.9 Å². The Morgan fingerprint density at radius 3 is 2.81 bits per heavy atom. The number of hydrogen-bond donors (Lipinski definition) is 1. The molecule has 3 rings (SSSR count). The fourth-order valence-corrected chi connectivity index (χ4v) is 3.78. The molecule has 0 aliphatic rings. The molecule has 26 heavy (non-hydrogen) atoms. The van der Waals surface area contributed by atoms with Crippen molar-refractivity contribution in [2.45, 2.75) is 44.8 Å². The van der Waals surface area contributed by atoms with Gasteiger partial charge in [0.15, 0.2) is 11.0 Å². The lowest BCUT2D eigenvalue weighted by Crippen LogP contribution is -2.14. The van der Waals surface area contributed by atoms with E-state index in [4.69, 9.17) is 4.52 Å². The molecule has 138 valence electrons. The second-order valence-corrected chi connectivity index (χ2v) is 8.58. The summed E-state index contributed by atoms with van der Waals surface area (Å²) in [6.07, 6.45) is 0. The van der Waals surface area contributed by atoms with Crippen molar-refractivity contribution in [2.24, 2.45) is 0 Å². The molecule has 1 amide bonds. The summed E-state index contributed by atoms with van der Waals surface area (Å²) in [4.78, 5) is 13.3. The van der Waals surface area contributed by atoms with E-state index < -0.39 is 0 Å². The van der Waals surface area contributed by atoms with Crippen molar-refractivity contribution in [3.63, 3.8) is 0 Å². The van der Waals surface area contributed by atoms with Gasteiger partial charge in [0.1, 0.15) is 0 Å². The number of thiophene rings is 1. The molecule has 3 aromatic rings. The van der Waals surface area contributed by atoms with Crippen LogP contribution in [0.3, 0.4) is 0 Å². The Hall–Kier alpha value is -2.13. The van der Waals surface area contributed by atoms with E-state index in [0.717, 1.165) is 28.1 Å². The van der Waals surface area contributed by atoms with E-state index in [1.54, 1.807) is 17.4 Å². The number of rotatable bonds is 6. The summed E-state index contributed by atoms with van der Waals surface area (Å²) in [7, 11) is 0. The molecule has 3 heterocycles. The monoisotopic (exact) mass is 391 g/mol. The molecule has 0 radical (unpaired) electrons. The van der Waals surface area contributed by atoms with Crippen molar-refractivity contribution in [1.29, 1.82) is 0 Å². The van der Waals surface area contributed by atoms with Gasteiger partial charge in [0, 0.05) is 18.0 Å². The minimum absolute atomic E-state index is 0.128. The van der Waals surface area contributed by atoms with Crippen LogP contribution in [0.4, 0.5) is 5.88 Å². The second kappa shape index (κ2) is 7.63. The smallest absolute Gasteiger partial charge is 0.237 e. The minimum atomic E-state index is -0.171. The summed E-state index contributed by atoms with van der Waals surface area (Å²) in [5, 5.41) is 17.9. The van der Waals surface area contributed by atoms with Crippen LogP contribution >= 0.6 is 23.1 Å². The van der Waals surface area contributed by atoms with Gasteiger partial charge in [0.2, 0.25) is 11.8 Å². The van der Waals surface area contributed by atoms with Crippen LogP contribution in [0.1, 0.15) is 33.4 Å². The first-order valence-corrected chi connectivity index (χ1v) is 10.1. The summed E-state index contributed by atoms with van der Waals surface area (Å²) in [5.41, 5.74) is 0.670. The SMILES string of the molecule is CCn1c(SCC(=O)Nc2cc(C(C)(C)C)no2)nnc1-c1cccs1. The molecule has 0 aliphatic carbocycles. The highest BCUT2D eigenvalue weighted by Crippen LogP contribution is 2.27. The lowest BCUT2D eigenvalue weighted by atomic mass is 9.92.